The third-order valence-corrected chi connectivity index (χ3v) is 5.18. The number of benzene rings is 1. The molecule has 0 bridgehead atoms. The normalized spacial score (nSPS) is 21.2. The first-order chi connectivity index (χ1) is 15.1. The van der Waals surface area contributed by atoms with Crippen molar-refractivity contribution >= 4 is 5.91 Å². The Bertz CT molecular complexity index is 969. The molecule has 162 valence electrons. The molecule has 2 aromatic rings. The third-order valence-electron chi connectivity index (χ3n) is 5.18. The monoisotopic (exact) mass is 422 g/mol. The minimum Gasteiger partial charge on any atom is -0.492 e. The van der Waals surface area contributed by atoms with Gasteiger partial charge in [-0.15, -0.1) is 0 Å². The van der Waals surface area contributed by atoms with Crippen LogP contribution in [0.4, 0.5) is 0 Å². The van der Waals surface area contributed by atoms with E-state index in [1.165, 1.54) is 0 Å². The van der Waals surface area contributed by atoms with E-state index in [9.17, 15) is 9.90 Å². The van der Waals surface area contributed by atoms with Crippen LogP contribution in [-0.4, -0.2) is 59.5 Å². The molecular formula is C23H26N4O4. The largest absolute Gasteiger partial charge is 0.492 e. The Kier molecular flexibility index (Phi) is 6.61. The topological polar surface area (TPSA) is 108 Å². The zero-order valence-corrected chi connectivity index (χ0v) is 17.1. The number of nitrogens with zero attached hydrogens (tertiary/aromatic N) is 1. The number of imidazole rings is 1. The van der Waals surface area contributed by atoms with Crippen molar-refractivity contribution in [3.05, 3.63) is 84.1 Å². The summed E-state index contributed by atoms with van der Waals surface area (Å²) in [6, 6.07) is 9.57. The van der Waals surface area contributed by atoms with Gasteiger partial charge in [0.2, 0.25) is 5.91 Å². The molecule has 2 heterocycles. The fraction of sp³-hybridized carbons (Fsp3) is 0.304. The molecule has 8 nitrogen and oxygen atoms in total. The maximum atomic E-state index is 12.5. The number of aliphatic hydroxyl groups excluding tert-OH is 1. The lowest BCUT2D eigenvalue weighted by Crippen LogP contribution is -2.35. The van der Waals surface area contributed by atoms with E-state index in [1.54, 1.807) is 12.5 Å². The van der Waals surface area contributed by atoms with E-state index in [-0.39, 0.29) is 12.5 Å². The number of amides is 1. The van der Waals surface area contributed by atoms with Crippen LogP contribution in [0.5, 0.6) is 5.75 Å². The van der Waals surface area contributed by atoms with E-state index >= 15 is 0 Å². The zero-order valence-electron chi connectivity index (χ0n) is 17.1. The highest BCUT2D eigenvalue weighted by Crippen LogP contribution is 2.39. The number of carbonyl (C=O) groups excluding carboxylic acids is 1. The van der Waals surface area contributed by atoms with Crippen molar-refractivity contribution in [2.24, 2.45) is 0 Å². The number of para-hydroxylation sites is 1. The van der Waals surface area contributed by atoms with E-state index in [4.69, 9.17) is 9.47 Å². The lowest BCUT2D eigenvalue weighted by Gasteiger charge is -2.27. The van der Waals surface area contributed by atoms with Crippen LogP contribution in [0.2, 0.25) is 0 Å². The summed E-state index contributed by atoms with van der Waals surface area (Å²) >= 11 is 0. The van der Waals surface area contributed by atoms with Crippen LogP contribution in [0.1, 0.15) is 11.6 Å². The van der Waals surface area contributed by atoms with Crippen LogP contribution in [0.3, 0.4) is 0 Å². The number of aliphatic hydroxyl groups is 1. The number of allylic oxidation sites excluding steroid dienone is 1. The highest BCUT2D eigenvalue weighted by atomic mass is 16.5. The summed E-state index contributed by atoms with van der Waals surface area (Å²) < 4.78 is 11.6. The van der Waals surface area contributed by atoms with Gasteiger partial charge in [-0.2, -0.15) is 0 Å². The van der Waals surface area contributed by atoms with E-state index in [1.807, 2.05) is 42.5 Å². The summed E-state index contributed by atoms with van der Waals surface area (Å²) in [5, 5.41) is 16.4. The van der Waals surface area contributed by atoms with Crippen molar-refractivity contribution in [1.82, 2.24) is 20.6 Å². The van der Waals surface area contributed by atoms with E-state index in [0.29, 0.717) is 31.1 Å². The maximum Gasteiger partial charge on any atom is 0.237 e. The van der Waals surface area contributed by atoms with Crippen molar-refractivity contribution in [1.29, 1.82) is 0 Å². The summed E-state index contributed by atoms with van der Waals surface area (Å²) in [5.41, 5.74) is 2.93. The van der Waals surface area contributed by atoms with E-state index in [2.05, 4.69) is 27.2 Å². The molecule has 0 saturated carbocycles. The van der Waals surface area contributed by atoms with Crippen molar-refractivity contribution in [3.63, 3.8) is 0 Å². The third kappa shape index (κ3) is 4.93. The molecule has 1 aromatic carbocycles. The zero-order chi connectivity index (χ0) is 21.6. The van der Waals surface area contributed by atoms with Gasteiger partial charge < -0.3 is 30.2 Å². The molecule has 1 aliphatic carbocycles. The second-order valence-electron chi connectivity index (χ2n) is 7.44. The molecule has 8 heteroatoms. The number of hydrogen-bond donors (Lipinski definition) is 4. The summed E-state index contributed by atoms with van der Waals surface area (Å²) in [7, 11) is 0. The number of aromatic nitrogens is 2. The number of ether oxygens (including phenoxy) is 2. The van der Waals surface area contributed by atoms with Gasteiger partial charge in [-0.25, -0.2) is 4.98 Å². The molecule has 4 N–H and O–H groups in total. The molecule has 2 aliphatic rings. The minimum absolute atomic E-state index is 0.102. The van der Waals surface area contributed by atoms with Crippen molar-refractivity contribution in [2.75, 3.05) is 26.3 Å². The van der Waals surface area contributed by atoms with Crippen LogP contribution < -0.4 is 15.4 Å². The van der Waals surface area contributed by atoms with E-state index < -0.39 is 18.1 Å². The number of aromatic amines is 1. The molecule has 31 heavy (non-hydrogen) atoms. The van der Waals surface area contributed by atoms with Crippen molar-refractivity contribution < 1.29 is 19.4 Å². The number of H-pyrrole nitrogens is 1. The highest BCUT2D eigenvalue weighted by Gasteiger charge is 2.41. The fourth-order valence-corrected chi connectivity index (χ4v) is 3.70. The van der Waals surface area contributed by atoms with Gasteiger partial charge in [-0.3, -0.25) is 4.79 Å². The fourth-order valence-electron chi connectivity index (χ4n) is 3.70. The lowest BCUT2D eigenvalue weighted by molar-refractivity contribution is -0.120. The summed E-state index contributed by atoms with van der Waals surface area (Å²) in [6.07, 6.45) is 5.62. The number of rotatable bonds is 10. The second kappa shape index (κ2) is 9.74. The minimum atomic E-state index is -0.713. The molecule has 1 amide bonds. The average Bonchev–Trinajstić information content (AvgIpc) is 3.40. The van der Waals surface area contributed by atoms with Gasteiger partial charge in [-0.05, 0) is 23.8 Å². The Balaban J connectivity index is 1.27. The van der Waals surface area contributed by atoms with Gasteiger partial charge in [0.05, 0.1) is 24.7 Å². The first-order valence-electron chi connectivity index (χ1n) is 10.2. The standard InChI is InChI=1S/C23H26N4O4/c1-15-7-8-18-20(21(23(29)27-18)19-12-25-14-26-19)22(15)31-13-16(28)11-24-9-10-30-17-5-3-2-4-6-17/h2-8,12,14,16,21-22,24,28H,1,9-11,13H2,(H,25,26)(H,27,29). The number of nitrogens with one attached hydrogen (secondary N) is 3. The quantitative estimate of drug-likeness (QED) is 0.431. The number of hydrogen-bond acceptors (Lipinski definition) is 6. The van der Waals surface area contributed by atoms with Gasteiger partial charge in [0.15, 0.2) is 0 Å². The molecular weight excluding hydrogens is 396 g/mol. The Labute approximate surface area is 180 Å². The molecule has 0 spiro atoms. The van der Waals surface area contributed by atoms with Gasteiger partial charge in [0.25, 0.3) is 0 Å². The van der Waals surface area contributed by atoms with Gasteiger partial charge >= 0.3 is 0 Å². The van der Waals surface area contributed by atoms with Crippen molar-refractivity contribution in [2.45, 2.75) is 18.1 Å². The first-order valence-corrected chi connectivity index (χ1v) is 10.2. The lowest BCUT2D eigenvalue weighted by atomic mass is 9.86. The molecule has 0 fully saturated rings. The number of carbonyl (C=O) groups is 1. The molecule has 3 unspecified atom stereocenters. The summed E-state index contributed by atoms with van der Waals surface area (Å²) in [6.45, 7) is 5.62. The van der Waals surface area contributed by atoms with Gasteiger partial charge in [0, 0.05) is 30.6 Å². The Morgan fingerprint density at radius 3 is 2.87 bits per heavy atom. The Hall–Kier alpha value is -3.20. The van der Waals surface area contributed by atoms with Crippen LogP contribution >= 0.6 is 0 Å². The molecule has 4 rings (SSSR count). The highest BCUT2D eigenvalue weighted by molar-refractivity contribution is 5.93. The molecule has 3 atom stereocenters. The molecule has 0 saturated heterocycles. The van der Waals surface area contributed by atoms with Gasteiger partial charge in [0.1, 0.15) is 24.4 Å². The Morgan fingerprint density at radius 1 is 1.26 bits per heavy atom. The van der Waals surface area contributed by atoms with Crippen LogP contribution in [-0.2, 0) is 9.53 Å². The molecule has 0 radical (unpaired) electrons. The van der Waals surface area contributed by atoms with Crippen molar-refractivity contribution in [3.8, 4) is 5.75 Å². The first kappa shape index (κ1) is 21.0. The van der Waals surface area contributed by atoms with E-state index in [0.717, 1.165) is 16.9 Å². The predicted octanol–water partition coefficient (Wildman–Crippen LogP) is 1.42. The van der Waals surface area contributed by atoms with Crippen LogP contribution in [0.25, 0.3) is 0 Å². The Morgan fingerprint density at radius 2 is 2.10 bits per heavy atom. The molecule has 1 aromatic heterocycles. The SMILES string of the molecule is C=C1C=CC2=C(C1OCC(O)CNCCOc1ccccc1)C(c1cnc[nH]1)C(=O)N2. The predicted molar refractivity (Wildman–Crippen MR) is 115 cm³/mol. The van der Waals surface area contributed by atoms with Gasteiger partial charge in [-0.1, -0.05) is 30.9 Å². The van der Waals surface area contributed by atoms with Crippen LogP contribution in [0, 0.1) is 0 Å². The maximum absolute atomic E-state index is 12.5. The molecule has 1 aliphatic heterocycles. The van der Waals surface area contributed by atoms with Crippen LogP contribution in [0.15, 0.2) is 78.4 Å². The summed E-state index contributed by atoms with van der Waals surface area (Å²) in [4.78, 5) is 19.6. The smallest absolute Gasteiger partial charge is 0.237 e. The average molecular weight is 422 g/mol. The summed E-state index contributed by atoms with van der Waals surface area (Å²) in [5.74, 6) is 0.158. The second-order valence-corrected chi connectivity index (χ2v) is 7.44.